The molecule has 2 bridgehead atoms. The van der Waals surface area contributed by atoms with Gasteiger partial charge in [0.1, 0.15) is 0 Å². The van der Waals surface area contributed by atoms with E-state index >= 15 is 0 Å². The highest BCUT2D eigenvalue weighted by Gasteiger charge is 2.41. The number of guanidine groups is 1. The fourth-order valence-corrected chi connectivity index (χ4v) is 3.87. The predicted molar refractivity (Wildman–Crippen MR) is 91.9 cm³/mol. The molecule has 3 heterocycles. The molecule has 3 unspecified atom stereocenters. The van der Waals surface area contributed by atoms with Crippen molar-refractivity contribution in [1.82, 2.24) is 15.5 Å². The summed E-state index contributed by atoms with van der Waals surface area (Å²) < 4.78 is 11.5. The van der Waals surface area contributed by atoms with Crippen LogP contribution in [0.15, 0.2) is 4.99 Å². The van der Waals surface area contributed by atoms with Gasteiger partial charge in [0.05, 0.1) is 38.0 Å². The average molecular weight is 324 g/mol. The number of nitrogens with one attached hydrogen (secondary N) is 2. The lowest BCUT2D eigenvalue weighted by Crippen LogP contribution is -2.54. The van der Waals surface area contributed by atoms with Crippen molar-refractivity contribution in [2.75, 3.05) is 39.4 Å². The van der Waals surface area contributed by atoms with Crippen LogP contribution in [0, 0.1) is 0 Å². The van der Waals surface area contributed by atoms with Gasteiger partial charge < -0.3 is 20.1 Å². The van der Waals surface area contributed by atoms with Crippen LogP contribution in [0.2, 0.25) is 0 Å². The van der Waals surface area contributed by atoms with Crippen LogP contribution in [0.3, 0.4) is 0 Å². The number of aliphatic imine (C=N–C) groups is 1. The van der Waals surface area contributed by atoms with E-state index < -0.39 is 0 Å². The summed E-state index contributed by atoms with van der Waals surface area (Å²) in [5.74, 6) is 0.930. The first kappa shape index (κ1) is 17.0. The maximum Gasteiger partial charge on any atom is 0.191 e. The fraction of sp³-hybridized carbons (Fsp3) is 0.941. The van der Waals surface area contributed by atoms with Crippen LogP contribution in [0.4, 0.5) is 0 Å². The molecule has 3 fully saturated rings. The number of ether oxygens (including phenoxy) is 2. The lowest BCUT2D eigenvalue weighted by atomic mass is 9.96. The van der Waals surface area contributed by atoms with Crippen molar-refractivity contribution in [3.63, 3.8) is 0 Å². The molecule has 3 aliphatic heterocycles. The molecule has 0 radical (unpaired) electrons. The minimum atomic E-state index is 0.109. The molecule has 0 saturated carbocycles. The first-order valence-corrected chi connectivity index (χ1v) is 9.11. The standard InChI is InChI=1S/C17H32N4O2/c1-4-18-16(20-14-11-13-5-6-15(14)23-13)19-7-8-21-9-10-22-12-17(21,2)3/h13-15H,4-12H2,1-3H3,(H2,18,19,20). The predicted octanol–water partition coefficient (Wildman–Crippen LogP) is 0.972. The van der Waals surface area contributed by atoms with Gasteiger partial charge in [0.15, 0.2) is 5.96 Å². The minimum absolute atomic E-state index is 0.109. The van der Waals surface area contributed by atoms with Crippen LogP contribution in [0.5, 0.6) is 0 Å². The van der Waals surface area contributed by atoms with E-state index in [2.05, 4.69) is 36.3 Å². The van der Waals surface area contributed by atoms with Crippen molar-refractivity contribution in [3.05, 3.63) is 0 Å². The molecule has 132 valence electrons. The Morgan fingerprint density at radius 2 is 2.22 bits per heavy atom. The Labute approximate surface area is 140 Å². The largest absolute Gasteiger partial charge is 0.378 e. The van der Waals surface area contributed by atoms with E-state index in [0.717, 1.165) is 51.8 Å². The van der Waals surface area contributed by atoms with Gasteiger partial charge in [0, 0.05) is 25.2 Å². The van der Waals surface area contributed by atoms with E-state index in [1.165, 1.54) is 12.8 Å². The van der Waals surface area contributed by atoms with Gasteiger partial charge in [-0.15, -0.1) is 0 Å². The lowest BCUT2D eigenvalue weighted by Gasteiger charge is -2.41. The summed E-state index contributed by atoms with van der Waals surface area (Å²) >= 11 is 0. The topological polar surface area (TPSA) is 58.1 Å². The summed E-state index contributed by atoms with van der Waals surface area (Å²) in [6, 6.07) is 0.423. The number of hydrogen-bond donors (Lipinski definition) is 2. The third kappa shape index (κ3) is 4.17. The fourth-order valence-electron chi connectivity index (χ4n) is 3.87. The highest BCUT2D eigenvalue weighted by molar-refractivity contribution is 5.80. The van der Waals surface area contributed by atoms with Crippen LogP contribution >= 0.6 is 0 Å². The summed E-state index contributed by atoms with van der Waals surface area (Å²) in [6.45, 7) is 11.9. The summed E-state index contributed by atoms with van der Waals surface area (Å²) in [7, 11) is 0. The Morgan fingerprint density at radius 1 is 1.35 bits per heavy atom. The van der Waals surface area contributed by atoms with Crippen molar-refractivity contribution in [1.29, 1.82) is 0 Å². The molecular weight excluding hydrogens is 292 g/mol. The van der Waals surface area contributed by atoms with Crippen LogP contribution in [-0.4, -0.2) is 74.0 Å². The summed E-state index contributed by atoms with van der Waals surface area (Å²) in [5, 5.41) is 6.95. The molecule has 3 saturated heterocycles. The second-order valence-corrected chi connectivity index (χ2v) is 7.47. The zero-order chi connectivity index (χ0) is 16.3. The van der Waals surface area contributed by atoms with E-state index in [-0.39, 0.29) is 5.54 Å². The number of hydrogen-bond acceptors (Lipinski definition) is 4. The molecule has 0 amide bonds. The van der Waals surface area contributed by atoms with E-state index in [4.69, 9.17) is 14.5 Å². The monoisotopic (exact) mass is 324 g/mol. The highest BCUT2D eigenvalue weighted by atomic mass is 16.5. The van der Waals surface area contributed by atoms with E-state index in [1.807, 2.05) is 0 Å². The van der Waals surface area contributed by atoms with Gasteiger partial charge in [-0.1, -0.05) is 0 Å². The molecule has 2 N–H and O–H groups in total. The van der Waals surface area contributed by atoms with Gasteiger partial charge >= 0.3 is 0 Å². The molecule has 3 aliphatic rings. The molecule has 0 aromatic rings. The van der Waals surface area contributed by atoms with Gasteiger partial charge in [-0.3, -0.25) is 9.89 Å². The zero-order valence-corrected chi connectivity index (χ0v) is 14.8. The third-order valence-corrected chi connectivity index (χ3v) is 5.23. The lowest BCUT2D eigenvalue weighted by molar-refractivity contribution is -0.0491. The van der Waals surface area contributed by atoms with Crippen molar-refractivity contribution >= 4 is 5.96 Å². The van der Waals surface area contributed by atoms with Crippen LogP contribution < -0.4 is 10.6 Å². The Kier molecular flexibility index (Phi) is 5.44. The maximum atomic E-state index is 5.92. The highest BCUT2D eigenvalue weighted by Crippen LogP contribution is 2.34. The average Bonchev–Trinajstić information content (AvgIpc) is 3.11. The number of nitrogens with zero attached hydrogens (tertiary/aromatic N) is 2. The molecule has 23 heavy (non-hydrogen) atoms. The zero-order valence-electron chi connectivity index (χ0n) is 14.8. The Hall–Kier alpha value is -0.850. The maximum absolute atomic E-state index is 5.92. The van der Waals surface area contributed by atoms with E-state index in [1.54, 1.807) is 0 Å². The van der Waals surface area contributed by atoms with Crippen LogP contribution in [0.25, 0.3) is 0 Å². The second kappa shape index (κ2) is 7.36. The van der Waals surface area contributed by atoms with Gasteiger partial charge in [-0.2, -0.15) is 0 Å². The summed E-state index contributed by atoms with van der Waals surface area (Å²) in [4.78, 5) is 7.25. The van der Waals surface area contributed by atoms with E-state index in [9.17, 15) is 0 Å². The molecule has 0 aromatic carbocycles. The summed E-state index contributed by atoms with van der Waals surface area (Å²) in [6.07, 6.45) is 4.37. The molecule has 0 aromatic heterocycles. The van der Waals surface area contributed by atoms with Crippen molar-refractivity contribution in [2.45, 2.75) is 63.8 Å². The first-order chi connectivity index (χ1) is 11.1. The van der Waals surface area contributed by atoms with Gasteiger partial charge in [-0.25, -0.2) is 0 Å². The quantitative estimate of drug-likeness (QED) is 0.583. The third-order valence-electron chi connectivity index (χ3n) is 5.23. The van der Waals surface area contributed by atoms with E-state index in [0.29, 0.717) is 18.2 Å². The molecular formula is C17H32N4O2. The molecule has 0 aliphatic carbocycles. The number of morpholine rings is 1. The van der Waals surface area contributed by atoms with Crippen LogP contribution in [-0.2, 0) is 9.47 Å². The molecule has 6 nitrogen and oxygen atoms in total. The molecule has 0 spiro atoms. The van der Waals surface area contributed by atoms with Gasteiger partial charge in [0.2, 0.25) is 0 Å². The van der Waals surface area contributed by atoms with Crippen molar-refractivity contribution in [3.8, 4) is 0 Å². The van der Waals surface area contributed by atoms with Crippen molar-refractivity contribution < 1.29 is 9.47 Å². The number of rotatable bonds is 5. The first-order valence-electron chi connectivity index (χ1n) is 9.11. The normalized spacial score (nSPS) is 33.9. The van der Waals surface area contributed by atoms with Crippen LogP contribution in [0.1, 0.15) is 40.0 Å². The smallest absolute Gasteiger partial charge is 0.191 e. The molecule has 3 atom stereocenters. The molecule has 3 rings (SSSR count). The SMILES string of the molecule is CCNC(=NCCN1CCOCC1(C)C)NC1CC2CCC1O2. The molecule has 6 heteroatoms. The Balaban J connectivity index is 1.50. The summed E-state index contributed by atoms with van der Waals surface area (Å²) in [5.41, 5.74) is 0.109. The Bertz CT molecular complexity index is 427. The van der Waals surface area contributed by atoms with Gasteiger partial charge in [-0.05, 0) is 40.0 Å². The van der Waals surface area contributed by atoms with Gasteiger partial charge in [0.25, 0.3) is 0 Å². The minimum Gasteiger partial charge on any atom is -0.378 e. The second-order valence-electron chi connectivity index (χ2n) is 7.47. The Morgan fingerprint density at radius 3 is 2.87 bits per heavy atom. The van der Waals surface area contributed by atoms with Crippen molar-refractivity contribution in [2.24, 2.45) is 4.99 Å². The number of fused-ring (bicyclic) bond motifs is 2.